The molecule has 0 aliphatic heterocycles. The zero-order valence-corrected chi connectivity index (χ0v) is 12.0. The Hall–Kier alpha value is -0.860. The number of nitrogens with one attached hydrogen (secondary N) is 1. The van der Waals surface area contributed by atoms with Gasteiger partial charge in [0.1, 0.15) is 0 Å². The molecular weight excluding hydrogens is 222 g/mol. The van der Waals surface area contributed by atoms with E-state index in [4.69, 9.17) is 4.74 Å². The number of rotatable bonds is 9. The van der Waals surface area contributed by atoms with E-state index in [1.807, 2.05) is 0 Å². The van der Waals surface area contributed by atoms with Gasteiger partial charge in [-0.2, -0.15) is 0 Å². The first-order valence-electron chi connectivity index (χ1n) is 7.22. The molecule has 1 unspecified atom stereocenters. The Morgan fingerprint density at radius 3 is 2.56 bits per heavy atom. The minimum absolute atomic E-state index is 0.327. The van der Waals surface area contributed by atoms with Crippen LogP contribution in [0.2, 0.25) is 0 Å². The second-order valence-corrected chi connectivity index (χ2v) is 4.63. The van der Waals surface area contributed by atoms with E-state index >= 15 is 0 Å². The molecule has 1 N–H and O–H groups in total. The van der Waals surface area contributed by atoms with Gasteiger partial charge in [-0.05, 0) is 36.9 Å². The molecule has 0 bridgehead atoms. The lowest BCUT2D eigenvalue weighted by Crippen LogP contribution is -2.27. The van der Waals surface area contributed by atoms with E-state index < -0.39 is 0 Å². The first-order chi connectivity index (χ1) is 8.83. The van der Waals surface area contributed by atoms with Gasteiger partial charge < -0.3 is 10.1 Å². The van der Waals surface area contributed by atoms with Crippen LogP contribution in [0.25, 0.3) is 0 Å². The van der Waals surface area contributed by atoms with Crippen molar-refractivity contribution in [2.24, 2.45) is 0 Å². The number of hydrogen-bond donors (Lipinski definition) is 1. The summed E-state index contributed by atoms with van der Waals surface area (Å²) in [4.78, 5) is 0. The molecule has 0 radical (unpaired) electrons. The highest BCUT2D eigenvalue weighted by atomic mass is 16.5. The van der Waals surface area contributed by atoms with Crippen LogP contribution in [-0.2, 0) is 11.2 Å². The summed E-state index contributed by atoms with van der Waals surface area (Å²) in [5.74, 6) is 0. The Morgan fingerprint density at radius 2 is 1.89 bits per heavy atom. The van der Waals surface area contributed by atoms with Crippen LogP contribution >= 0.6 is 0 Å². The molecule has 18 heavy (non-hydrogen) atoms. The average Bonchev–Trinajstić information content (AvgIpc) is 2.42. The summed E-state index contributed by atoms with van der Waals surface area (Å²) < 4.78 is 5.73. The molecular formula is C16H27NO. The fourth-order valence-electron chi connectivity index (χ4n) is 2.12. The van der Waals surface area contributed by atoms with Crippen LogP contribution in [-0.4, -0.2) is 19.8 Å². The van der Waals surface area contributed by atoms with Crippen molar-refractivity contribution < 1.29 is 4.74 Å². The first-order valence-corrected chi connectivity index (χ1v) is 7.22. The summed E-state index contributed by atoms with van der Waals surface area (Å²) in [6, 6.07) is 9.01. The van der Waals surface area contributed by atoms with Gasteiger partial charge in [-0.15, -0.1) is 0 Å². The summed E-state index contributed by atoms with van der Waals surface area (Å²) >= 11 is 0. The standard InChI is InChI=1S/C16H27NO/c1-4-11-17-16(13-18-12-5-2)15-10-8-7-9-14(15)6-3/h7-10,16-17H,4-6,11-13H2,1-3H3. The lowest BCUT2D eigenvalue weighted by Gasteiger charge is -2.21. The van der Waals surface area contributed by atoms with Gasteiger partial charge in [0.05, 0.1) is 12.6 Å². The van der Waals surface area contributed by atoms with Gasteiger partial charge in [0.2, 0.25) is 0 Å². The maximum absolute atomic E-state index is 5.73. The number of aryl methyl sites for hydroxylation is 1. The third kappa shape index (κ3) is 4.79. The van der Waals surface area contributed by atoms with E-state index in [-0.39, 0.29) is 0 Å². The predicted octanol–water partition coefficient (Wildman–Crippen LogP) is 3.72. The number of hydrogen-bond acceptors (Lipinski definition) is 2. The minimum Gasteiger partial charge on any atom is -0.379 e. The highest BCUT2D eigenvalue weighted by Crippen LogP contribution is 2.19. The third-order valence-electron chi connectivity index (χ3n) is 3.09. The van der Waals surface area contributed by atoms with E-state index in [1.54, 1.807) is 0 Å². The van der Waals surface area contributed by atoms with Crippen molar-refractivity contribution in [1.82, 2.24) is 5.32 Å². The van der Waals surface area contributed by atoms with Gasteiger partial charge in [0, 0.05) is 6.61 Å². The Bertz CT molecular complexity index is 325. The van der Waals surface area contributed by atoms with Crippen molar-refractivity contribution in [1.29, 1.82) is 0 Å². The Labute approximate surface area is 112 Å². The van der Waals surface area contributed by atoms with Crippen molar-refractivity contribution in [3.05, 3.63) is 35.4 Å². The average molecular weight is 249 g/mol. The van der Waals surface area contributed by atoms with E-state index in [0.29, 0.717) is 6.04 Å². The topological polar surface area (TPSA) is 21.3 Å². The minimum atomic E-state index is 0.327. The predicted molar refractivity (Wildman–Crippen MR) is 78.0 cm³/mol. The van der Waals surface area contributed by atoms with Gasteiger partial charge in [-0.1, -0.05) is 45.0 Å². The summed E-state index contributed by atoms with van der Waals surface area (Å²) in [6.45, 7) is 9.21. The molecule has 2 nitrogen and oxygen atoms in total. The fraction of sp³-hybridized carbons (Fsp3) is 0.625. The highest BCUT2D eigenvalue weighted by molar-refractivity contribution is 5.30. The molecule has 0 amide bonds. The van der Waals surface area contributed by atoms with Gasteiger partial charge in [0.25, 0.3) is 0 Å². The van der Waals surface area contributed by atoms with Gasteiger partial charge >= 0.3 is 0 Å². The molecule has 0 aromatic heterocycles. The molecule has 0 aliphatic carbocycles. The van der Waals surface area contributed by atoms with Crippen molar-refractivity contribution in [2.45, 2.75) is 46.1 Å². The smallest absolute Gasteiger partial charge is 0.0661 e. The molecule has 0 heterocycles. The molecule has 0 spiro atoms. The molecule has 0 aliphatic rings. The molecule has 1 aromatic rings. The van der Waals surface area contributed by atoms with Gasteiger partial charge in [0.15, 0.2) is 0 Å². The summed E-state index contributed by atoms with van der Waals surface area (Å²) in [7, 11) is 0. The van der Waals surface area contributed by atoms with Crippen LogP contribution in [0, 0.1) is 0 Å². The van der Waals surface area contributed by atoms with Gasteiger partial charge in [-0.25, -0.2) is 0 Å². The quantitative estimate of drug-likeness (QED) is 0.674. The summed E-state index contributed by atoms with van der Waals surface area (Å²) in [6.07, 6.45) is 3.31. The van der Waals surface area contributed by atoms with Crippen LogP contribution in [0.4, 0.5) is 0 Å². The Kier molecular flexibility index (Phi) is 7.70. The molecule has 0 saturated heterocycles. The normalized spacial score (nSPS) is 12.6. The maximum atomic E-state index is 5.73. The molecule has 1 rings (SSSR count). The van der Waals surface area contributed by atoms with E-state index in [1.165, 1.54) is 11.1 Å². The Balaban J connectivity index is 2.72. The zero-order valence-electron chi connectivity index (χ0n) is 12.0. The molecule has 0 fully saturated rings. The van der Waals surface area contributed by atoms with Crippen LogP contribution in [0.3, 0.4) is 0 Å². The number of benzene rings is 1. The SMILES string of the molecule is CCCNC(COCCC)c1ccccc1CC. The monoisotopic (exact) mass is 249 g/mol. The second kappa shape index (κ2) is 9.12. The zero-order chi connectivity index (χ0) is 13.2. The third-order valence-corrected chi connectivity index (χ3v) is 3.09. The molecule has 1 aromatic carbocycles. The lowest BCUT2D eigenvalue weighted by atomic mass is 9.99. The highest BCUT2D eigenvalue weighted by Gasteiger charge is 2.13. The summed E-state index contributed by atoms with van der Waals surface area (Å²) in [5.41, 5.74) is 2.82. The molecule has 2 heteroatoms. The molecule has 102 valence electrons. The van der Waals surface area contributed by atoms with Crippen LogP contribution in [0.5, 0.6) is 0 Å². The van der Waals surface area contributed by atoms with E-state index in [0.717, 1.165) is 39.0 Å². The van der Waals surface area contributed by atoms with Crippen molar-refractivity contribution >= 4 is 0 Å². The first kappa shape index (κ1) is 15.2. The van der Waals surface area contributed by atoms with E-state index in [9.17, 15) is 0 Å². The number of ether oxygens (including phenoxy) is 1. The fourth-order valence-corrected chi connectivity index (χ4v) is 2.12. The van der Waals surface area contributed by atoms with Crippen LogP contribution in [0.1, 0.15) is 50.8 Å². The largest absolute Gasteiger partial charge is 0.379 e. The van der Waals surface area contributed by atoms with Gasteiger partial charge in [-0.3, -0.25) is 0 Å². The lowest BCUT2D eigenvalue weighted by molar-refractivity contribution is 0.111. The molecule has 1 atom stereocenters. The molecule has 0 saturated carbocycles. The van der Waals surface area contributed by atoms with E-state index in [2.05, 4.69) is 50.4 Å². The van der Waals surface area contributed by atoms with Crippen LogP contribution in [0.15, 0.2) is 24.3 Å². The van der Waals surface area contributed by atoms with Crippen LogP contribution < -0.4 is 5.32 Å². The summed E-state index contributed by atoms with van der Waals surface area (Å²) in [5, 5.41) is 3.59. The maximum Gasteiger partial charge on any atom is 0.0661 e. The Morgan fingerprint density at radius 1 is 1.11 bits per heavy atom. The van der Waals surface area contributed by atoms with Crippen molar-refractivity contribution in [2.75, 3.05) is 19.8 Å². The second-order valence-electron chi connectivity index (χ2n) is 4.63. The van der Waals surface area contributed by atoms with Crippen molar-refractivity contribution in [3.63, 3.8) is 0 Å². The van der Waals surface area contributed by atoms with Crippen molar-refractivity contribution in [3.8, 4) is 0 Å².